The number of ether oxygens (including phenoxy) is 2. The number of carbonyl (C=O) groups excluding carboxylic acids is 2. The number of amides is 2. The number of imide groups is 1. The van der Waals surface area contributed by atoms with Crippen molar-refractivity contribution in [2.24, 2.45) is 5.10 Å². The van der Waals surface area contributed by atoms with Crippen LogP contribution in [0.1, 0.15) is 40.9 Å². The Balaban J connectivity index is 1.54. The quantitative estimate of drug-likeness (QED) is 0.353. The molecule has 0 atom stereocenters. The molecule has 3 aromatic carbocycles. The molecule has 6 nitrogen and oxygen atoms in total. The summed E-state index contributed by atoms with van der Waals surface area (Å²) in [5.41, 5.74) is 4.25. The van der Waals surface area contributed by atoms with Crippen LogP contribution in [0.4, 0.5) is 0 Å². The van der Waals surface area contributed by atoms with Gasteiger partial charge in [-0.3, -0.25) is 9.59 Å². The molecule has 1 aliphatic rings. The first-order valence-corrected chi connectivity index (χ1v) is 11.1. The molecule has 2 amide bonds. The van der Waals surface area contributed by atoms with Crippen LogP contribution in [0.2, 0.25) is 0 Å². The molecule has 1 heterocycles. The minimum Gasteiger partial charge on any atom is -0.490 e. The van der Waals surface area contributed by atoms with Crippen molar-refractivity contribution in [3.63, 3.8) is 0 Å². The van der Waals surface area contributed by atoms with Gasteiger partial charge >= 0.3 is 0 Å². The van der Waals surface area contributed by atoms with Gasteiger partial charge in [0.25, 0.3) is 11.8 Å². The molecule has 34 heavy (non-hydrogen) atoms. The first-order chi connectivity index (χ1) is 16.5. The molecule has 6 heteroatoms. The monoisotopic (exact) mass is 454 g/mol. The molecule has 4 rings (SSSR count). The van der Waals surface area contributed by atoms with Gasteiger partial charge in [-0.1, -0.05) is 54.1 Å². The number of hydrazone groups is 1. The van der Waals surface area contributed by atoms with Crippen molar-refractivity contribution in [1.82, 2.24) is 5.01 Å². The summed E-state index contributed by atoms with van der Waals surface area (Å²) in [6.07, 6.45) is 1.71. The fraction of sp³-hybridized carbons (Fsp3) is 0.179. The summed E-state index contributed by atoms with van der Waals surface area (Å²) in [4.78, 5) is 25.7. The highest BCUT2D eigenvalue weighted by Gasteiger charge is 2.32. The third-order valence-corrected chi connectivity index (χ3v) is 5.37. The molecule has 0 bridgehead atoms. The lowest BCUT2D eigenvalue weighted by Crippen LogP contribution is -2.29. The Morgan fingerprint density at radius 3 is 2.38 bits per heavy atom. The summed E-state index contributed by atoms with van der Waals surface area (Å²) < 4.78 is 11.8. The molecule has 0 fully saturated rings. The Labute approximate surface area is 199 Å². The lowest BCUT2D eigenvalue weighted by Gasteiger charge is -2.13. The average molecular weight is 455 g/mol. The number of aryl methyl sites for hydroxylation is 1. The molecular weight excluding hydrogens is 428 g/mol. The van der Waals surface area contributed by atoms with E-state index in [1.165, 1.54) is 5.56 Å². The van der Waals surface area contributed by atoms with E-state index in [4.69, 9.17) is 9.47 Å². The number of hydrogen-bond acceptors (Lipinski definition) is 5. The zero-order chi connectivity index (χ0) is 24.1. The summed E-state index contributed by atoms with van der Waals surface area (Å²) >= 11 is 0. The van der Waals surface area contributed by atoms with Gasteiger partial charge in [0.05, 0.1) is 17.9 Å². The molecule has 0 saturated heterocycles. The van der Waals surface area contributed by atoms with E-state index in [0.29, 0.717) is 41.6 Å². The molecule has 172 valence electrons. The maximum atomic E-state index is 13.0. The van der Waals surface area contributed by atoms with E-state index in [0.717, 1.165) is 16.1 Å². The predicted octanol–water partition coefficient (Wildman–Crippen LogP) is 5.41. The van der Waals surface area contributed by atoms with Gasteiger partial charge < -0.3 is 9.47 Å². The van der Waals surface area contributed by atoms with Crippen LogP contribution in [0.25, 0.3) is 6.08 Å². The van der Waals surface area contributed by atoms with Gasteiger partial charge in [-0.25, -0.2) is 0 Å². The Hall–Kier alpha value is -4.19. The number of carbonyl (C=O) groups is 2. The third kappa shape index (κ3) is 5.07. The van der Waals surface area contributed by atoms with Crippen molar-refractivity contribution in [2.45, 2.75) is 27.4 Å². The summed E-state index contributed by atoms with van der Waals surface area (Å²) in [6.45, 7) is 6.55. The van der Waals surface area contributed by atoms with E-state index in [1.54, 1.807) is 37.3 Å². The van der Waals surface area contributed by atoms with Gasteiger partial charge in [-0.05, 0) is 62.2 Å². The van der Waals surface area contributed by atoms with Crippen molar-refractivity contribution in [3.05, 3.63) is 101 Å². The van der Waals surface area contributed by atoms with Crippen LogP contribution in [0.3, 0.4) is 0 Å². The van der Waals surface area contributed by atoms with Crippen molar-refractivity contribution in [3.8, 4) is 11.5 Å². The minimum absolute atomic E-state index is 0.361. The largest absolute Gasteiger partial charge is 0.490 e. The zero-order valence-corrected chi connectivity index (χ0v) is 19.4. The molecule has 0 N–H and O–H groups in total. The van der Waals surface area contributed by atoms with E-state index in [2.05, 4.69) is 5.10 Å². The molecule has 0 aromatic heterocycles. The average Bonchev–Trinajstić information content (AvgIpc) is 3.13. The number of nitrogens with zero attached hydrogens (tertiary/aromatic N) is 2. The minimum atomic E-state index is -0.455. The maximum absolute atomic E-state index is 13.0. The van der Waals surface area contributed by atoms with Crippen LogP contribution in [0.15, 0.2) is 83.5 Å². The Kier molecular flexibility index (Phi) is 6.87. The Morgan fingerprint density at radius 1 is 0.941 bits per heavy atom. The smallest absolute Gasteiger partial charge is 0.283 e. The van der Waals surface area contributed by atoms with Crippen LogP contribution >= 0.6 is 0 Å². The van der Waals surface area contributed by atoms with Crippen molar-refractivity contribution in [1.29, 1.82) is 0 Å². The molecule has 3 aromatic rings. The standard InChI is InChI=1S/C28H26N2O4/c1-4-33-26-17-22(14-15-25(26)34-18-21-12-10-19(2)11-13-21)16-24-20(3)29-30(28(24)32)27(31)23-8-6-5-7-9-23/h5-17H,4,18H2,1-3H3/b24-16+. The number of hydrogen-bond donors (Lipinski definition) is 0. The molecule has 0 radical (unpaired) electrons. The Morgan fingerprint density at radius 2 is 1.68 bits per heavy atom. The normalized spacial score (nSPS) is 14.3. The lowest BCUT2D eigenvalue weighted by atomic mass is 10.1. The molecule has 0 spiro atoms. The van der Waals surface area contributed by atoms with Crippen LogP contribution < -0.4 is 9.47 Å². The Bertz CT molecular complexity index is 1260. The van der Waals surface area contributed by atoms with Gasteiger partial charge in [-0.2, -0.15) is 10.1 Å². The van der Waals surface area contributed by atoms with Gasteiger partial charge in [0.15, 0.2) is 11.5 Å². The summed E-state index contributed by atoms with van der Waals surface area (Å²) in [6, 6.07) is 22.3. The first kappa shape index (κ1) is 23.0. The molecule has 0 aliphatic carbocycles. The van der Waals surface area contributed by atoms with Gasteiger partial charge in [-0.15, -0.1) is 0 Å². The zero-order valence-electron chi connectivity index (χ0n) is 19.4. The fourth-order valence-electron chi connectivity index (χ4n) is 3.54. The van der Waals surface area contributed by atoms with Crippen LogP contribution in [0.5, 0.6) is 11.5 Å². The summed E-state index contributed by atoms with van der Waals surface area (Å²) in [7, 11) is 0. The topological polar surface area (TPSA) is 68.2 Å². The highest BCUT2D eigenvalue weighted by molar-refractivity contribution is 6.30. The molecule has 1 aliphatic heterocycles. The summed E-state index contributed by atoms with van der Waals surface area (Å²) in [5.74, 6) is 0.294. The van der Waals surface area contributed by atoms with Gasteiger partial charge in [0, 0.05) is 5.56 Å². The van der Waals surface area contributed by atoms with Crippen molar-refractivity contribution in [2.75, 3.05) is 6.61 Å². The lowest BCUT2D eigenvalue weighted by molar-refractivity contribution is -0.123. The highest BCUT2D eigenvalue weighted by atomic mass is 16.5. The summed E-state index contributed by atoms with van der Waals surface area (Å²) in [5, 5.41) is 5.11. The van der Waals surface area contributed by atoms with Gasteiger partial charge in [0.1, 0.15) is 6.61 Å². The molecule has 0 unspecified atom stereocenters. The second-order valence-corrected chi connectivity index (χ2v) is 7.95. The van der Waals surface area contributed by atoms with Crippen molar-refractivity contribution < 1.29 is 19.1 Å². The second-order valence-electron chi connectivity index (χ2n) is 7.95. The maximum Gasteiger partial charge on any atom is 0.283 e. The highest BCUT2D eigenvalue weighted by Crippen LogP contribution is 2.31. The molecular formula is C28H26N2O4. The van der Waals surface area contributed by atoms with E-state index >= 15 is 0 Å². The SMILES string of the molecule is CCOc1cc(/C=C2/C(=O)N(C(=O)c3ccccc3)N=C2C)ccc1OCc1ccc(C)cc1. The first-order valence-electron chi connectivity index (χ1n) is 11.1. The van der Waals surface area contributed by atoms with Crippen LogP contribution in [-0.2, 0) is 11.4 Å². The fourth-order valence-corrected chi connectivity index (χ4v) is 3.54. The van der Waals surface area contributed by atoms with Gasteiger partial charge in [0.2, 0.25) is 0 Å². The van der Waals surface area contributed by atoms with E-state index in [1.807, 2.05) is 62.4 Å². The molecule has 0 saturated carbocycles. The number of benzene rings is 3. The van der Waals surface area contributed by atoms with Crippen molar-refractivity contribution >= 4 is 23.6 Å². The van der Waals surface area contributed by atoms with Crippen LogP contribution in [-0.4, -0.2) is 29.1 Å². The van der Waals surface area contributed by atoms with E-state index < -0.39 is 11.8 Å². The van der Waals surface area contributed by atoms with E-state index in [-0.39, 0.29) is 0 Å². The van der Waals surface area contributed by atoms with E-state index in [9.17, 15) is 9.59 Å². The predicted molar refractivity (Wildman–Crippen MR) is 132 cm³/mol. The van der Waals surface area contributed by atoms with Crippen LogP contribution in [0, 0.1) is 6.92 Å². The second kappa shape index (κ2) is 10.2. The number of rotatable bonds is 7. The third-order valence-electron chi connectivity index (χ3n) is 5.37.